The number of likely N-dealkylation sites (tertiary alicyclic amines) is 1. The van der Waals surface area contributed by atoms with Crippen LogP contribution in [0.25, 0.3) is 10.6 Å². The number of aliphatic carboxylic acids is 1. The number of benzene rings is 1. The van der Waals surface area contributed by atoms with E-state index in [-0.39, 0.29) is 6.54 Å². The average Bonchev–Trinajstić information content (AvgIpc) is 3.04. The van der Waals surface area contributed by atoms with Gasteiger partial charge in [0.25, 0.3) is 0 Å². The number of likely N-dealkylation sites (N-methyl/N-ethyl adjacent to an activating group) is 1. The fraction of sp³-hybridized carbons (Fsp3) is 0.444. The van der Waals surface area contributed by atoms with Crippen molar-refractivity contribution in [2.24, 2.45) is 0 Å². The van der Waals surface area contributed by atoms with Crippen molar-refractivity contribution in [2.45, 2.75) is 25.4 Å². The number of piperidine rings is 1. The molecule has 1 saturated heterocycles. The Balaban J connectivity index is 1.52. The van der Waals surface area contributed by atoms with E-state index in [1.165, 1.54) is 10.4 Å². The highest BCUT2D eigenvalue weighted by atomic mass is 32.1. The Kier molecular flexibility index (Phi) is 5.60. The van der Waals surface area contributed by atoms with Gasteiger partial charge in [-0.05, 0) is 19.9 Å². The van der Waals surface area contributed by atoms with Gasteiger partial charge < -0.3 is 5.11 Å². The lowest BCUT2D eigenvalue weighted by molar-refractivity contribution is -0.138. The Morgan fingerprint density at radius 3 is 2.71 bits per heavy atom. The van der Waals surface area contributed by atoms with E-state index in [2.05, 4.69) is 22.0 Å². The number of carboxylic acids is 1. The minimum absolute atomic E-state index is 0.125. The van der Waals surface area contributed by atoms with E-state index in [1.54, 1.807) is 11.3 Å². The summed E-state index contributed by atoms with van der Waals surface area (Å²) in [6.45, 7) is 3.07. The summed E-state index contributed by atoms with van der Waals surface area (Å²) in [6.07, 6.45) is 4.03. The van der Waals surface area contributed by atoms with Gasteiger partial charge in [0.15, 0.2) is 0 Å². The van der Waals surface area contributed by atoms with Crippen LogP contribution in [0.5, 0.6) is 0 Å². The van der Waals surface area contributed by atoms with Crippen LogP contribution in [0.2, 0.25) is 0 Å². The summed E-state index contributed by atoms with van der Waals surface area (Å²) in [4.78, 5) is 21.0. The van der Waals surface area contributed by atoms with Crippen molar-refractivity contribution in [1.82, 2.24) is 14.8 Å². The molecule has 1 aromatic carbocycles. The molecule has 1 aromatic heterocycles. The van der Waals surface area contributed by atoms with Gasteiger partial charge in [-0.25, -0.2) is 4.98 Å². The first-order valence-corrected chi connectivity index (χ1v) is 9.08. The molecule has 24 heavy (non-hydrogen) atoms. The highest BCUT2D eigenvalue weighted by molar-refractivity contribution is 7.15. The van der Waals surface area contributed by atoms with Crippen LogP contribution < -0.4 is 0 Å². The molecule has 1 N–H and O–H groups in total. The van der Waals surface area contributed by atoms with Crippen LogP contribution in [0.3, 0.4) is 0 Å². The molecule has 0 unspecified atom stereocenters. The predicted octanol–water partition coefficient (Wildman–Crippen LogP) is 2.79. The van der Waals surface area contributed by atoms with E-state index in [0.717, 1.165) is 37.5 Å². The maximum absolute atomic E-state index is 10.8. The molecule has 0 atom stereocenters. The molecule has 5 nitrogen and oxygen atoms in total. The van der Waals surface area contributed by atoms with Crippen LogP contribution in [0, 0.1) is 0 Å². The highest BCUT2D eigenvalue weighted by Gasteiger charge is 2.23. The zero-order chi connectivity index (χ0) is 16.9. The summed E-state index contributed by atoms with van der Waals surface area (Å²) >= 11 is 1.75. The van der Waals surface area contributed by atoms with Gasteiger partial charge >= 0.3 is 5.97 Å². The van der Waals surface area contributed by atoms with E-state index in [0.29, 0.717) is 6.04 Å². The van der Waals surface area contributed by atoms with Crippen LogP contribution in [-0.4, -0.2) is 58.6 Å². The lowest BCUT2D eigenvalue weighted by Crippen LogP contribution is -2.44. The Morgan fingerprint density at radius 2 is 2.04 bits per heavy atom. The van der Waals surface area contributed by atoms with Gasteiger partial charge in [-0.3, -0.25) is 14.6 Å². The minimum Gasteiger partial charge on any atom is -0.480 e. The second-order valence-corrected chi connectivity index (χ2v) is 7.43. The Bertz CT molecular complexity index is 666. The van der Waals surface area contributed by atoms with Gasteiger partial charge in [0.2, 0.25) is 0 Å². The number of hydrogen-bond donors (Lipinski definition) is 1. The molecule has 0 bridgehead atoms. The number of rotatable bonds is 6. The van der Waals surface area contributed by atoms with E-state index < -0.39 is 5.97 Å². The average molecular weight is 345 g/mol. The lowest BCUT2D eigenvalue weighted by atomic mass is 10.0. The normalized spacial score (nSPS) is 16.6. The Hall–Kier alpha value is -1.76. The topological polar surface area (TPSA) is 56.7 Å². The molecule has 0 saturated carbocycles. The third kappa shape index (κ3) is 4.41. The van der Waals surface area contributed by atoms with E-state index in [1.807, 2.05) is 36.3 Å². The lowest BCUT2D eigenvalue weighted by Gasteiger charge is -2.35. The van der Waals surface area contributed by atoms with Crippen LogP contribution >= 0.6 is 11.3 Å². The Morgan fingerprint density at radius 1 is 1.33 bits per heavy atom. The summed E-state index contributed by atoms with van der Waals surface area (Å²) in [6, 6.07) is 10.6. The third-order valence-electron chi connectivity index (χ3n) is 4.52. The molecule has 0 spiro atoms. The monoisotopic (exact) mass is 345 g/mol. The predicted molar refractivity (Wildman–Crippen MR) is 96.1 cm³/mol. The fourth-order valence-electron chi connectivity index (χ4n) is 3.18. The summed E-state index contributed by atoms with van der Waals surface area (Å²) in [5.41, 5.74) is 1.17. The van der Waals surface area contributed by atoms with Crippen LogP contribution in [-0.2, 0) is 11.3 Å². The summed E-state index contributed by atoms with van der Waals surface area (Å²) in [7, 11) is 1.91. The van der Waals surface area contributed by atoms with E-state index in [9.17, 15) is 4.79 Å². The second kappa shape index (κ2) is 7.88. The smallest absolute Gasteiger partial charge is 0.317 e. The molecule has 1 aliphatic rings. The number of carboxylic acid groups (broad SMARTS) is 1. The van der Waals surface area contributed by atoms with Crippen molar-refractivity contribution in [2.75, 3.05) is 26.7 Å². The molecule has 0 aliphatic carbocycles. The number of carbonyl (C=O) groups is 1. The molecule has 1 fully saturated rings. The van der Waals surface area contributed by atoms with Gasteiger partial charge in [0, 0.05) is 42.3 Å². The molecule has 2 heterocycles. The molecule has 0 amide bonds. The molecule has 6 heteroatoms. The van der Waals surface area contributed by atoms with Crippen molar-refractivity contribution in [3.63, 3.8) is 0 Å². The second-order valence-electron chi connectivity index (χ2n) is 6.31. The first-order chi connectivity index (χ1) is 11.6. The van der Waals surface area contributed by atoms with Crippen molar-refractivity contribution >= 4 is 17.3 Å². The number of hydrogen-bond acceptors (Lipinski definition) is 5. The molecule has 3 rings (SSSR count). The number of thiazole rings is 1. The molecule has 2 aromatic rings. The quantitative estimate of drug-likeness (QED) is 0.872. The van der Waals surface area contributed by atoms with E-state index in [4.69, 9.17) is 5.11 Å². The van der Waals surface area contributed by atoms with Gasteiger partial charge in [-0.15, -0.1) is 11.3 Å². The molecule has 1 aliphatic heterocycles. The number of aromatic nitrogens is 1. The molecular formula is C18H23N3O2S. The van der Waals surface area contributed by atoms with Crippen LogP contribution in [0.15, 0.2) is 36.5 Å². The maximum Gasteiger partial charge on any atom is 0.317 e. The summed E-state index contributed by atoms with van der Waals surface area (Å²) in [5.74, 6) is -0.752. The van der Waals surface area contributed by atoms with Gasteiger partial charge in [0.05, 0.1) is 6.54 Å². The van der Waals surface area contributed by atoms with Gasteiger partial charge in [-0.2, -0.15) is 0 Å². The molecular weight excluding hydrogens is 322 g/mol. The third-order valence-corrected chi connectivity index (χ3v) is 5.55. The first kappa shape index (κ1) is 17.1. The van der Waals surface area contributed by atoms with Gasteiger partial charge in [-0.1, -0.05) is 30.3 Å². The Labute approximate surface area is 146 Å². The SMILES string of the molecule is CN(CC(=O)O)C1CCN(Cc2cnc(-c3ccccc3)s2)CC1. The zero-order valence-corrected chi connectivity index (χ0v) is 14.7. The van der Waals surface area contributed by atoms with Crippen molar-refractivity contribution in [1.29, 1.82) is 0 Å². The van der Waals surface area contributed by atoms with E-state index >= 15 is 0 Å². The van der Waals surface area contributed by atoms with Crippen molar-refractivity contribution in [3.05, 3.63) is 41.4 Å². The minimum atomic E-state index is -0.752. The highest BCUT2D eigenvalue weighted by Crippen LogP contribution is 2.26. The summed E-state index contributed by atoms with van der Waals surface area (Å²) in [5, 5.41) is 9.97. The van der Waals surface area contributed by atoms with Crippen molar-refractivity contribution in [3.8, 4) is 10.6 Å². The van der Waals surface area contributed by atoms with Crippen LogP contribution in [0.1, 0.15) is 17.7 Å². The molecule has 128 valence electrons. The standard InChI is InChI=1S/C18H23N3O2S/c1-20(13-17(22)23)15-7-9-21(10-8-15)12-16-11-19-18(24-16)14-5-3-2-4-6-14/h2-6,11,15H,7-10,12-13H2,1H3,(H,22,23). The number of nitrogens with zero attached hydrogens (tertiary/aromatic N) is 3. The maximum atomic E-state index is 10.8. The molecule has 0 radical (unpaired) electrons. The van der Waals surface area contributed by atoms with Crippen molar-refractivity contribution < 1.29 is 9.90 Å². The summed E-state index contributed by atoms with van der Waals surface area (Å²) < 4.78 is 0. The zero-order valence-electron chi connectivity index (χ0n) is 13.9. The first-order valence-electron chi connectivity index (χ1n) is 8.26. The van der Waals surface area contributed by atoms with Crippen LogP contribution in [0.4, 0.5) is 0 Å². The van der Waals surface area contributed by atoms with Gasteiger partial charge in [0.1, 0.15) is 5.01 Å². The largest absolute Gasteiger partial charge is 0.480 e. The fourth-order valence-corrected chi connectivity index (χ4v) is 4.14.